The van der Waals surface area contributed by atoms with Crippen LogP contribution in [0.25, 0.3) is 0 Å². The minimum absolute atomic E-state index is 0.0324. The van der Waals surface area contributed by atoms with Crippen LogP contribution >= 0.6 is 11.3 Å². The van der Waals surface area contributed by atoms with Crippen LogP contribution in [0.1, 0.15) is 23.7 Å². The van der Waals surface area contributed by atoms with Gasteiger partial charge in [-0.3, -0.25) is 4.79 Å². The Hall–Kier alpha value is -1.77. The van der Waals surface area contributed by atoms with Gasteiger partial charge in [-0.25, -0.2) is 13.4 Å². The molecule has 1 aromatic carbocycles. The molecule has 1 aliphatic rings. The molecule has 0 saturated heterocycles. The molecule has 1 aromatic heterocycles. The average Bonchev–Trinajstić information content (AvgIpc) is 2.98. The minimum atomic E-state index is -3.49. The summed E-state index contributed by atoms with van der Waals surface area (Å²) in [6.45, 7) is 3.66. The Bertz CT molecular complexity index is 861. The predicted molar refractivity (Wildman–Crippen MR) is 94.4 cm³/mol. The molecule has 0 aliphatic carbocycles. The van der Waals surface area contributed by atoms with Crippen molar-refractivity contribution in [2.45, 2.75) is 32.9 Å². The fourth-order valence-electron chi connectivity index (χ4n) is 2.78. The van der Waals surface area contributed by atoms with E-state index < -0.39 is 16.1 Å². The number of carbonyl (C=O) groups is 1. The Labute approximate surface area is 145 Å². The summed E-state index contributed by atoms with van der Waals surface area (Å²) >= 11 is 1.33. The van der Waals surface area contributed by atoms with Crippen molar-refractivity contribution < 1.29 is 13.2 Å². The number of fused-ring (bicyclic) bond motifs is 1. The maximum absolute atomic E-state index is 12.7. The first kappa shape index (κ1) is 17.1. The van der Waals surface area contributed by atoms with Crippen molar-refractivity contribution in [3.63, 3.8) is 0 Å². The molecule has 0 radical (unpaired) electrons. The second-order valence-corrected chi connectivity index (χ2v) is 8.79. The maximum Gasteiger partial charge on any atom is 0.244 e. The van der Waals surface area contributed by atoms with Crippen molar-refractivity contribution in [1.82, 2.24) is 9.29 Å². The van der Waals surface area contributed by atoms with Crippen LogP contribution in [0.3, 0.4) is 0 Å². The number of hydrogen-bond donors (Lipinski definition) is 1. The number of nitrogens with one attached hydrogen (secondary N) is 1. The summed E-state index contributed by atoms with van der Waals surface area (Å²) in [5.41, 5.74) is 2.78. The van der Waals surface area contributed by atoms with E-state index in [2.05, 4.69) is 10.3 Å². The van der Waals surface area contributed by atoms with Crippen LogP contribution in [0.5, 0.6) is 0 Å². The second kappa shape index (κ2) is 6.62. The molecule has 1 atom stereocenters. The van der Waals surface area contributed by atoms with Gasteiger partial charge < -0.3 is 5.32 Å². The molecule has 6 nitrogen and oxygen atoms in total. The highest BCUT2D eigenvalue weighted by Crippen LogP contribution is 2.27. The number of benzene rings is 1. The van der Waals surface area contributed by atoms with E-state index in [0.29, 0.717) is 11.6 Å². The van der Waals surface area contributed by atoms with Crippen molar-refractivity contribution in [1.29, 1.82) is 0 Å². The van der Waals surface area contributed by atoms with Gasteiger partial charge in [-0.2, -0.15) is 4.31 Å². The standard InChI is InChI=1S/C16H19N3O3S2/c1-3-24(21,22)19-9-13-7-5-4-6-12(13)8-14(19)15(20)18-16-17-11(2)10-23-16/h4-7,10,14H,3,8-9H2,1-2H3,(H,17,18,20)/t14-/m1/s1. The van der Waals surface area contributed by atoms with Crippen LogP contribution in [0.15, 0.2) is 29.6 Å². The lowest BCUT2D eigenvalue weighted by atomic mass is 9.95. The van der Waals surface area contributed by atoms with E-state index in [1.807, 2.05) is 36.6 Å². The van der Waals surface area contributed by atoms with Crippen molar-refractivity contribution in [2.24, 2.45) is 0 Å². The van der Waals surface area contributed by atoms with Gasteiger partial charge in [0.2, 0.25) is 15.9 Å². The quantitative estimate of drug-likeness (QED) is 0.900. The zero-order valence-electron chi connectivity index (χ0n) is 13.5. The molecule has 8 heteroatoms. The molecule has 1 N–H and O–H groups in total. The number of rotatable bonds is 4. The molecular weight excluding hydrogens is 346 g/mol. The Morgan fingerprint density at radius 3 is 2.71 bits per heavy atom. The van der Waals surface area contributed by atoms with Gasteiger partial charge in [0, 0.05) is 11.9 Å². The molecule has 2 aromatic rings. The van der Waals surface area contributed by atoms with E-state index in [4.69, 9.17) is 0 Å². The lowest BCUT2D eigenvalue weighted by Gasteiger charge is -2.34. The lowest BCUT2D eigenvalue weighted by Crippen LogP contribution is -2.51. The van der Waals surface area contributed by atoms with Crippen molar-refractivity contribution >= 4 is 32.4 Å². The van der Waals surface area contributed by atoms with Crippen LogP contribution in [0, 0.1) is 6.92 Å². The van der Waals surface area contributed by atoms with E-state index in [1.165, 1.54) is 15.6 Å². The molecule has 1 aliphatic heterocycles. The first-order valence-electron chi connectivity index (χ1n) is 7.70. The third-order valence-corrected chi connectivity index (χ3v) is 6.78. The topological polar surface area (TPSA) is 79.4 Å². The van der Waals surface area contributed by atoms with Gasteiger partial charge in [-0.05, 0) is 31.4 Å². The van der Waals surface area contributed by atoms with Crippen LogP contribution < -0.4 is 5.32 Å². The van der Waals surface area contributed by atoms with E-state index in [9.17, 15) is 13.2 Å². The number of thiazole rings is 1. The Kier molecular flexibility index (Phi) is 4.71. The number of aryl methyl sites for hydroxylation is 1. The molecule has 0 unspecified atom stereocenters. The molecule has 0 bridgehead atoms. The number of amides is 1. The highest BCUT2D eigenvalue weighted by molar-refractivity contribution is 7.89. The van der Waals surface area contributed by atoms with E-state index in [-0.39, 0.29) is 18.2 Å². The Balaban J connectivity index is 1.91. The first-order valence-corrected chi connectivity index (χ1v) is 10.2. The number of sulfonamides is 1. The van der Waals surface area contributed by atoms with Crippen molar-refractivity contribution in [2.75, 3.05) is 11.1 Å². The molecule has 2 heterocycles. The molecular formula is C16H19N3O3S2. The van der Waals surface area contributed by atoms with Crippen LogP contribution in [-0.2, 0) is 27.8 Å². The van der Waals surface area contributed by atoms with Gasteiger partial charge in [0.15, 0.2) is 5.13 Å². The third kappa shape index (κ3) is 3.35. The van der Waals surface area contributed by atoms with Crippen LogP contribution in [-0.4, -0.2) is 35.4 Å². The molecule has 1 amide bonds. The van der Waals surface area contributed by atoms with Gasteiger partial charge in [0.05, 0.1) is 11.4 Å². The molecule has 24 heavy (non-hydrogen) atoms. The van der Waals surface area contributed by atoms with Gasteiger partial charge in [0.25, 0.3) is 0 Å². The van der Waals surface area contributed by atoms with Gasteiger partial charge in [-0.1, -0.05) is 24.3 Å². The lowest BCUT2D eigenvalue weighted by molar-refractivity contribution is -0.120. The first-order chi connectivity index (χ1) is 11.4. The SMILES string of the molecule is CCS(=O)(=O)N1Cc2ccccc2C[C@@H]1C(=O)Nc1nc(C)cs1. The van der Waals surface area contributed by atoms with E-state index in [0.717, 1.165) is 16.8 Å². The maximum atomic E-state index is 12.7. The summed E-state index contributed by atoms with van der Waals surface area (Å²) < 4.78 is 26.2. The normalized spacial score (nSPS) is 18.2. The second-order valence-electron chi connectivity index (χ2n) is 5.72. The zero-order valence-corrected chi connectivity index (χ0v) is 15.2. The summed E-state index contributed by atoms with van der Waals surface area (Å²) in [6, 6.07) is 6.88. The number of anilines is 1. The third-order valence-electron chi connectivity index (χ3n) is 4.08. The fourth-order valence-corrected chi connectivity index (χ4v) is 4.70. The molecule has 128 valence electrons. The number of aromatic nitrogens is 1. The monoisotopic (exact) mass is 365 g/mol. The predicted octanol–water partition coefficient (Wildman–Crippen LogP) is 2.17. The highest BCUT2D eigenvalue weighted by Gasteiger charge is 2.38. The van der Waals surface area contributed by atoms with Crippen LogP contribution in [0.4, 0.5) is 5.13 Å². The summed E-state index contributed by atoms with van der Waals surface area (Å²) in [7, 11) is -3.49. The molecule has 3 rings (SSSR count). The molecule has 0 spiro atoms. The number of hydrogen-bond acceptors (Lipinski definition) is 5. The largest absolute Gasteiger partial charge is 0.301 e. The van der Waals surface area contributed by atoms with Gasteiger partial charge >= 0.3 is 0 Å². The molecule has 0 fully saturated rings. The fraction of sp³-hybridized carbons (Fsp3) is 0.375. The Morgan fingerprint density at radius 2 is 2.08 bits per heavy atom. The Morgan fingerprint density at radius 1 is 1.38 bits per heavy atom. The summed E-state index contributed by atoms with van der Waals surface area (Å²) in [5.74, 6) is -0.370. The average molecular weight is 365 g/mol. The summed E-state index contributed by atoms with van der Waals surface area (Å²) in [6.07, 6.45) is 0.367. The number of carbonyl (C=O) groups excluding carboxylic acids is 1. The van der Waals surface area contributed by atoms with Crippen molar-refractivity contribution in [3.8, 4) is 0 Å². The molecule has 0 saturated carbocycles. The number of nitrogens with zero attached hydrogens (tertiary/aromatic N) is 2. The summed E-state index contributed by atoms with van der Waals surface area (Å²) in [5, 5.41) is 5.08. The highest BCUT2D eigenvalue weighted by atomic mass is 32.2. The summed E-state index contributed by atoms with van der Waals surface area (Å²) in [4.78, 5) is 16.9. The van der Waals surface area contributed by atoms with E-state index in [1.54, 1.807) is 6.92 Å². The van der Waals surface area contributed by atoms with Gasteiger partial charge in [0.1, 0.15) is 6.04 Å². The zero-order chi connectivity index (χ0) is 17.3. The van der Waals surface area contributed by atoms with Crippen LogP contribution in [0.2, 0.25) is 0 Å². The smallest absolute Gasteiger partial charge is 0.244 e. The van der Waals surface area contributed by atoms with Crippen molar-refractivity contribution in [3.05, 3.63) is 46.5 Å². The minimum Gasteiger partial charge on any atom is -0.301 e. The van der Waals surface area contributed by atoms with E-state index >= 15 is 0 Å². The van der Waals surface area contributed by atoms with Gasteiger partial charge in [-0.15, -0.1) is 11.3 Å².